The first-order valence-electron chi connectivity index (χ1n) is 9.77. The van der Waals surface area contributed by atoms with Crippen molar-refractivity contribution in [2.45, 2.75) is 0 Å². The molecule has 0 aromatic heterocycles. The van der Waals surface area contributed by atoms with E-state index in [1.165, 1.54) is 30.4 Å². The molecule has 1 aliphatic rings. The maximum absolute atomic E-state index is 12.4. The van der Waals surface area contributed by atoms with Crippen molar-refractivity contribution < 1.29 is 24.0 Å². The summed E-state index contributed by atoms with van der Waals surface area (Å²) in [5.74, 6) is -0.714. The molecule has 0 aliphatic carbocycles. The molecule has 1 N–H and O–H groups in total. The zero-order valence-electron chi connectivity index (χ0n) is 17.7. The lowest BCUT2D eigenvalue weighted by Gasteiger charge is -2.36. The van der Waals surface area contributed by atoms with Gasteiger partial charge in [-0.3, -0.25) is 19.7 Å². The Balaban J connectivity index is 1.55. The molecular formula is C21H23N5O6. The topological polar surface area (TPSA) is 127 Å². The number of para-hydroxylation sites is 2. The van der Waals surface area contributed by atoms with E-state index in [-0.39, 0.29) is 11.4 Å². The fraction of sp³-hybridized carbons (Fsp3) is 0.286. The number of nitro groups is 1. The summed E-state index contributed by atoms with van der Waals surface area (Å²) in [5, 5.41) is 14.8. The van der Waals surface area contributed by atoms with Crippen molar-refractivity contribution in [3.63, 3.8) is 0 Å². The van der Waals surface area contributed by atoms with Crippen LogP contribution in [0.2, 0.25) is 0 Å². The van der Waals surface area contributed by atoms with Gasteiger partial charge in [-0.25, -0.2) is 5.43 Å². The number of ether oxygens (including phenoxy) is 2. The summed E-state index contributed by atoms with van der Waals surface area (Å²) in [6.07, 6.45) is 1.22. The van der Waals surface area contributed by atoms with Crippen LogP contribution in [0.1, 0.15) is 5.56 Å². The van der Waals surface area contributed by atoms with E-state index < -0.39 is 16.7 Å². The number of hydrogen-bond donors (Lipinski definition) is 1. The molecule has 32 heavy (non-hydrogen) atoms. The summed E-state index contributed by atoms with van der Waals surface area (Å²) in [5.41, 5.74) is 3.25. The van der Waals surface area contributed by atoms with Gasteiger partial charge in [-0.15, -0.1) is 0 Å². The Morgan fingerprint density at radius 3 is 2.41 bits per heavy atom. The Morgan fingerprint density at radius 1 is 1.06 bits per heavy atom. The zero-order valence-corrected chi connectivity index (χ0v) is 17.7. The van der Waals surface area contributed by atoms with E-state index >= 15 is 0 Å². The number of benzene rings is 2. The minimum atomic E-state index is -0.880. The minimum absolute atomic E-state index is 0.110. The summed E-state index contributed by atoms with van der Waals surface area (Å²) < 4.78 is 10.3. The summed E-state index contributed by atoms with van der Waals surface area (Å²) >= 11 is 0. The lowest BCUT2D eigenvalue weighted by molar-refractivity contribution is -0.385. The van der Waals surface area contributed by atoms with Gasteiger partial charge in [-0.05, 0) is 24.3 Å². The molecule has 2 aromatic rings. The largest absolute Gasteiger partial charge is 0.495 e. The van der Waals surface area contributed by atoms with Crippen LogP contribution in [-0.4, -0.2) is 68.3 Å². The average molecular weight is 441 g/mol. The van der Waals surface area contributed by atoms with E-state index in [4.69, 9.17) is 9.47 Å². The predicted octanol–water partition coefficient (Wildman–Crippen LogP) is 1.41. The van der Waals surface area contributed by atoms with Gasteiger partial charge in [-0.2, -0.15) is 5.10 Å². The first-order chi connectivity index (χ1) is 15.4. The molecule has 1 heterocycles. The van der Waals surface area contributed by atoms with Gasteiger partial charge in [0.1, 0.15) is 5.75 Å². The highest BCUT2D eigenvalue weighted by atomic mass is 16.6. The van der Waals surface area contributed by atoms with Crippen molar-refractivity contribution in [1.82, 2.24) is 10.3 Å². The number of amides is 2. The molecule has 1 fully saturated rings. The molecule has 168 valence electrons. The maximum Gasteiger partial charge on any atom is 0.329 e. The van der Waals surface area contributed by atoms with Crippen LogP contribution in [0.5, 0.6) is 11.5 Å². The second kappa shape index (κ2) is 10.2. The lowest BCUT2D eigenvalue weighted by atomic mass is 10.2. The SMILES string of the molecule is COc1ccccc1N1CCN(C(=O)C(=O)N/N=C\c2ccc(OC)c([N+](=O)[O-])c2)CC1. The summed E-state index contributed by atoms with van der Waals surface area (Å²) in [7, 11) is 2.94. The van der Waals surface area contributed by atoms with Crippen molar-refractivity contribution in [3.05, 3.63) is 58.1 Å². The van der Waals surface area contributed by atoms with Gasteiger partial charge in [0.15, 0.2) is 5.75 Å². The number of nitrogens with zero attached hydrogens (tertiary/aromatic N) is 4. The zero-order chi connectivity index (χ0) is 23.1. The number of carbonyl (C=O) groups excluding carboxylic acids is 2. The van der Waals surface area contributed by atoms with Crippen molar-refractivity contribution in [1.29, 1.82) is 0 Å². The number of anilines is 1. The van der Waals surface area contributed by atoms with Crippen LogP contribution in [0.4, 0.5) is 11.4 Å². The molecule has 0 radical (unpaired) electrons. The molecule has 0 unspecified atom stereocenters. The first-order valence-corrected chi connectivity index (χ1v) is 9.77. The van der Waals surface area contributed by atoms with Gasteiger partial charge in [0.2, 0.25) is 0 Å². The van der Waals surface area contributed by atoms with Gasteiger partial charge in [0.05, 0.1) is 31.0 Å². The highest BCUT2D eigenvalue weighted by Crippen LogP contribution is 2.28. The number of hydrogen-bond acceptors (Lipinski definition) is 8. The quantitative estimate of drug-likeness (QED) is 0.311. The number of nitrogens with one attached hydrogen (secondary N) is 1. The molecular weight excluding hydrogens is 418 g/mol. The number of rotatable bonds is 6. The molecule has 0 bridgehead atoms. The van der Waals surface area contributed by atoms with Crippen LogP contribution in [0.3, 0.4) is 0 Å². The van der Waals surface area contributed by atoms with Crippen molar-refractivity contribution in [2.24, 2.45) is 5.10 Å². The van der Waals surface area contributed by atoms with Crippen molar-refractivity contribution in [3.8, 4) is 11.5 Å². The Kier molecular flexibility index (Phi) is 7.21. The van der Waals surface area contributed by atoms with E-state index in [1.54, 1.807) is 13.2 Å². The third-order valence-corrected chi connectivity index (χ3v) is 4.97. The van der Waals surface area contributed by atoms with Crippen LogP contribution >= 0.6 is 0 Å². The number of methoxy groups -OCH3 is 2. The molecule has 3 rings (SSSR count). The van der Waals surface area contributed by atoms with Crippen LogP contribution in [0.15, 0.2) is 47.6 Å². The fourth-order valence-corrected chi connectivity index (χ4v) is 3.33. The standard InChI is InChI=1S/C21H23N5O6/c1-31-18-6-4-3-5-16(18)24-9-11-25(12-10-24)21(28)20(27)23-22-14-15-7-8-19(32-2)17(13-15)26(29)30/h3-8,13-14H,9-12H2,1-2H3,(H,23,27)/b22-14-. The molecule has 2 amide bonds. The molecule has 0 spiro atoms. The summed E-state index contributed by atoms with van der Waals surface area (Å²) in [6, 6.07) is 11.8. The van der Waals surface area contributed by atoms with Crippen LogP contribution in [0, 0.1) is 10.1 Å². The Labute approximate surface area is 184 Å². The maximum atomic E-state index is 12.4. The summed E-state index contributed by atoms with van der Waals surface area (Å²) in [6.45, 7) is 1.85. The lowest BCUT2D eigenvalue weighted by Crippen LogP contribution is -2.52. The fourth-order valence-electron chi connectivity index (χ4n) is 3.33. The van der Waals surface area contributed by atoms with Gasteiger partial charge < -0.3 is 19.3 Å². The normalized spacial score (nSPS) is 13.7. The van der Waals surface area contributed by atoms with E-state index in [0.29, 0.717) is 31.7 Å². The van der Waals surface area contributed by atoms with E-state index in [0.717, 1.165) is 11.4 Å². The number of nitro benzene ring substituents is 1. The second-order valence-corrected chi connectivity index (χ2v) is 6.84. The third-order valence-electron chi connectivity index (χ3n) is 4.97. The van der Waals surface area contributed by atoms with E-state index in [2.05, 4.69) is 15.4 Å². The molecule has 0 atom stereocenters. The predicted molar refractivity (Wildman–Crippen MR) is 117 cm³/mol. The van der Waals surface area contributed by atoms with E-state index in [1.807, 2.05) is 24.3 Å². The van der Waals surface area contributed by atoms with Gasteiger partial charge in [-0.1, -0.05) is 12.1 Å². The van der Waals surface area contributed by atoms with Crippen LogP contribution in [0.25, 0.3) is 0 Å². The third kappa shape index (κ3) is 5.12. The monoisotopic (exact) mass is 441 g/mol. The average Bonchev–Trinajstić information content (AvgIpc) is 2.83. The van der Waals surface area contributed by atoms with E-state index in [9.17, 15) is 19.7 Å². The Morgan fingerprint density at radius 2 is 1.75 bits per heavy atom. The van der Waals surface area contributed by atoms with Crippen molar-refractivity contribution >= 4 is 29.4 Å². The minimum Gasteiger partial charge on any atom is -0.495 e. The smallest absolute Gasteiger partial charge is 0.329 e. The number of carbonyl (C=O) groups is 2. The van der Waals surface area contributed by atoms with Crippen LogP contribution < -0.4 is 19.8 Å². The Hall–Kier alpha value is -4.15. The van der Waals surface area contributed by atoms with Crippen molar-refractivity contribution in [2.75, 3.05) is 45.3 Å². The Bertz CT molecular complexity index is 1030. The summed E-state index contributed by atoms with van der Waals surface area (Å²) in [4.78, 5) is 38.7. The molecule has 0 saturated carbocycles. The van der Waals surface area contributed by atoms with Gasteiger partial charge >= 0.3 is 17.5 Å². The molecule has 2 aromatic carbocycles. The highest BCUT2D eigenvalue weighted by molar-refractivity contribution is 6.35. The molecule has 1 aliphatic heterocycles. The van der Waals surface area contributed by atoms with Crippen LogP contribution in [-0.2, 0) is 9.59 Å². The van der Waals surface area contributed by atoms with Gasteiger partial charge in [0.25, 0.3) is 0 Å². The number of hydrazone groups is 1. The molecule has 11 nitrogen and oxygen atoms in total. The molecule has 1 saturated heterocycles. The van der Waals surface area contributed by atoms with Gasteiger partial charge in [0, 0.05) is 37.8 Å². The number of piperazine rings is 1. The second-order valence-electron chi connectivity index (χ2n) is 6.84. The highest BCUT2D eigenvalue weighted by Gasteiger charge is 2.27. The first kappa shape index (κ1) is 22.5. The molecule has 11 heteroatoms.